The quantitative estimate of drug-likeness (QED) is 0.639. The largest absolute Gasteiger partial charge is 0.496 e. The van der Waals surface area contributed by atoms with Crippen LogP contribution in [0.1, 0.15) is 12.5 Å². The molecule has 0 bridgehead atoms. The monoisotopic (exact) mass is 330 g/mol. The third kappa shape index (κ3) is 4.24. The van der Waals surface area contributed by atoms with Gasteiger partial charge in [0.25, 0.3) is 0 Å². The van der Waals surface area contributed by atoms with Crippen LogP contribution in [-0.2, 0) is 20.7 Å². The maximum Gasteiger partial charge on any atom is 0.320 e. The summed E-state index contributed by atoms with van der Waals surface area (Å²) in [4.78, 5) is 22.8. The third-order valence-corrected chi connectivity index (χ3v) is 3.03. The summed E-state index contributed by atoms with van der Waals surface area (Å²) in [5, 5.41) is 9.11. The van der Waals surface area contributed by atoms with Gasteiger partial charge in [-0.1, -0.05) is 15.9 Å². The molecule has 1 rings (SSSR count). The first-order chi connectivity index (χ1) is 8.99. The second kappa shape index (κ2) is 7.13. The van der Waals surface area contributed by atoms with Gasteiger partial charge in [-0.05, 0) is 30.7 Å². The van der Waals surface area contributed by atoms with E-state index in [0.717, 1.165) is 4.47 Å². The molecule has 6 heteroatoms. The topological polar surface area (TPSA) is 72.8 Å². The predicted octanol–water partition coefficient (Wildman–Crippen LogP) is 2.26. The zero-order chi connectivity index (χ0) is 14.4. The number of carboxylic acids is 1. The highest BCUT2D eigenvalue weighted by Gasteiger charge is 2.29. The van der Waals surface area contributed by atoms with Crippen LogP contribution in [0.3, 0.4) is 0 Å². The first-order valence-corrected chi connectivity index (χ1v) is 6.50. The molecule has 0 saturated heterocycles. The van der Waals surface area contributed by atoms with E-state index in [1.54, 1.807) is 25.1 Å². The lowest BCUT2D eigenvalue weighted by molar-refractivity contribution is -0.158. The van der Waals surface area contributed by atoms with Crippen molar-refractivity contribution < 1.29 is 24.2 Å². The van der Waals surface area contributed by atoms with Gasteiger partial charge < -0.3 is 14.6 Å². The van der Waals surface area contributed by atoms with Crippen molar-refractivity contribution in [3.05, 3.63) is 28.2 Å². The number of carboxylic acid groups (broad SMARTS) is 1. The number of rotatable bonds is 6. The first kappa shape index (κ1) is 15.5. The highest BCUT2D eigenvalue weighted by atomic mass is 79.9. The Morgan fingerprint density at radius 2 is 2.11 bits per heavy atom. The Bertz CT molecular complexity index is 472. The maximum atomic E-state index is 11.6. The van der Waals surface area contributed by atoms with E-state index in [4.69, 9.17) is 14.6 Å². The molecule has 0 amide bonds. The number of ether oxygens (including phenoxy) is 2. The fourth-order valence-electron chi connectivity index (χ4n) is 1.64. The first-order valence-electron chi connectivity index (χ1n) is 5.71. The van der Waals surface area contributed by atoms with Crippen LogP contribution in [0.5, 0.6) is 5.75 Å². The molecule has 19 heavy (non-hydrogen) atoms. The van der Waals surface area contributed by atoms with Crippen molar-refractivity contribution in [2.45, 2.75) is 13.3 Å². The Morgan fingerprint density at radius 3 is 2.63 bits per heavy atom. The van der Waals surface area contributed by atoms with Crippen molar-refractivity contribution in [1.82, 2.24) is 0 Å². The lowest BCUT2D eigenvalue weighted by atomic mass is 9.99. The van der Waals surface area contributed by atoms with Crippen LogP contribution in [0.2, 0.25) is 0 Å². The van der Waals surface area contributed by atoms with Crippen molar-refractivity contribution >= 4 is 27.9 Å². The van der Waals surface area contributed by atoms with Crippen molar-refractivity contribution in [3.63, 3.8) is 0 Å². The van der Waals surface area contributed by atoms with Gasteiger partial charge in [0.05, 0.1) is 13.7 Å². The van der Waals surface area contributed by atoms with Gasteiger partial charge in [-0.2, -0.15) is 0 Å². The Labute approximate surface area is 119 Å². The molecule has 0 saturated carbocycles. The van der Waals surface area contributed by atoms with E-state index in [2.05, 4.69) is 15.9 Å². The van der Waals surface area contributed by atoms with Gasteiger partial charge in [-0.3, -0.25) is 9.59 Å². The number of methoxy groups -OCH3 is 1. The summed E-state index contributed by atoms with van der Waals surface area (Å²) < 4.78 is 10.7. The van der Waals surface area contributed by atoms with Crippen molar-refractivity contribution in [1.29, 1.82) is 0 Å². The number of benzene rings is 1. The molecule has 0 aromatic heterocycles. The normalized spacial score (nSPS) is 11.7. The highest BCUT2D eigenvalue weighted by Crippen LogP contribution is 2.26. The maximum absolute atomic E-state index is 11.6. The standard InChI is InChI=1S/C13H15BrO5/c1-3-19-13(17)10(12(15)16)7-8-6-9(14)4-5-11(8)18-2/h4-6,10H,3,7H2,1-2H3,(H,15,16). The zero-order valence-corrected chi connectivity index (χ0v) is 12.3. The highest BCUT2D eigenvalue weighted by molar-refractivity contribution is 9.10. The minimum Gasteiger partial charge on any atom is -0.496 e. The summed E-state index contributed by atoms with van der Waals surface area (Å²) in [5.41, 5.74) is 0.636. The molecule has 0 aliphatic carbocycles. The van der Waals surface area contributed by atoms with Gasteiger partial charge in [0, 0.05) is 10.9 Å². The molecule has 1 N–H and O–H groups in total. The number of esters is 1. The lowest BCUT2D eigenvalue weighted by Crippen LogP contribution is -2.28. The summed E-state index contributed by atoms with van der Waals surface area (Å²) in [5.74, 6) is -2.64. The smallest absolute Gasteiger partial charge is 0.320 e. The van der Waals surface area contributed by atoms with Crippen LogP contribution in [0.4, 0.5) is 0 Å². The van der Waals surface area contributed by atoms with Gasteiger partial charge in [-0.15, -0.1) is 0 Å². The van der Waals surface area contributed by atoms with E-state index in [1.165, 1.54) is 7.11 Å². The molecule has 1 aromatic carbocycles. The number of carbonyl (C=O) groups excluding carboxylic acids is 1. The van der Waals surface area contributed by atoms with Gasteiger partial charge >= 0.3 is 11.9 Å². The summed E-state index contributed by atoms with van der Waals surface area (Å²) in [7, 11) is 1.49. The van der Waals surface area contributed by atoms with Crippen molar-refractivity contribution in [2.75, 3.05) is 13.7 Å². The number of carbonyl (C=O) groups is 2. The van der Waals surface area contributed by atoms with E-state index in [-0.39, 0.29) is 13.0 Å². The second-order valence-corrected chi connectivity index (χ2v) is 4.72. The third-order valence-electron chi connectivity index (χ3n) is 2.54. The van der Waals surface area contributed by atoms with Gasteiger partial charge in [0.2, 0.25) is 0 Å². The molecule has 104 valence electrons. The van der Waals surface area contributed by atoms with Crippen LogP contribution in [0.25, 0.3) is 0 Å². The average Bonchev–Trinajstić information content (AvgIpc) is 2.36. The Morgan fingerprint density at radius 1 is 1.42 bits per heavy atom. The minimum atomic E-state index is -1.23. The predicted molar refractivity (Wildman–Crippen MR) is 72.2 cm³/mol. The molecule has 5 nitrogen and oxygen atoms in total. The molecular weight excluding hydrogens is 316 g/mol. The number of halogens is 1. The molecule has 1 aromatic rings. The fraction of sp³-hybridized carbons (Fsp3) is 0.385. The van der Waals surface area contributed by atoms with Crippen LogP contribution in [0, 0.1) is 5.92 Å². The van der Waals surface area contributed by atoms with Crippen LogP contribution in [0.15, 0.2) is 22.7 Å². The SMILES string of the molecule is CCOC(=O)C(Cc1cc(Br)ccc1OC)C(=O)O. The molecule has 0 aliphatic rings. The van der Waals surface area contributed by atoms with Gasteiger partial charge in [0.1, 0.15) is 5.75 Å². The summed E-state index contributed by atoms with van der Waals surface area (Å²) in [6.07, 6.45) is 0.0246. The lowest BCUT2D eigenvalue weighted by Gasteiger charge is -2.14. The molecule has 0 spiro atoms. The van der Waals surface area contributed by atoms with E-state index in [9.17, 15) is 9.59 Å². The molecule has 0 radical (unpaired) electrons. The molecular formula is C13H15BrO5. The minimum absolute atomic E-state index is 0.0246. The summed E-state index contributed by atoms with van der Waals surface area (Å²) in [6, 6.07) is 5.22. The molecule has 1 unspecified atom stereocenters. The van der Waals surface area contributed by atoms with E-state index >= 15 is 0 Å². The van der Waals surface area contributed by atoms with E-state index in [1.807, 2.05) is 0 Å². The van der Waals surface area contributed by atoms with Crippen LogP contribution < -0.4 is 4.74 Å². The number of aliphatic carboxylic acids is 1. The van der Waals surface area contributed by atoms with E-state index in [0.29, 0.717) is 11.3 Å². The molecule has 0 fully saturated rings. The van der Waals surface area contributed by atoms with Gasteiger partial charge in [0.15, 0.2) is 5.92 Å². The summed E-state index contributed by atoms with van der Waals surface area (Å²) >= 11 is 3.30. The average molecular weight is 331 g/mol. The molecule has 0 aliphatic heterocycles. The fourth-order valence-corrected chi connectivity index (χ4v) is 2.05. The zero-order valence-electron chi connectivity index (χ0n) is 10.7. The number of hydrogen-bond acceptors (Lipinski definition) is 4. The Balaban J connectivity index is 2.99. The summed E-state index contributed by atoms with van der Waals surface area (Å²) in [6.45, 7) is 1.79. The van der Waals surface area contributed by atoms with E-state index < -0.39 is 17.9 Å². The van der Waals surface area contributed by atoms with Crippen molar-refractivity contribution in [2.24, 2.45) is 5.92 Å². The van der Waals surface area contributed by atoms with Crippen molar-refractivity contribution in [3.8, 4) is 5.75 Å². The van der Waals surface area contributed by atoms with Crippen LogP contribution >= 0.6 is 15.9 Å². The second-order valence-electron chi connectivity index (χ2n) is 3.80. The van der Waals surface area contributed by atoms with Gasteiger partial charge in [-0.25, -0.2) is 0 Å². The Kier molecular flexibility index (Phi) is 5.82. The number of hydrogen-bond donors (Lipinski definition) is 1. The van der Waals surface area contributed by atoms with Crippen LogP contribution in [-0.4, -0.2) is 30.8 Å². The molecule has 1 atom stereocenters. The molecule has 0 heterocycles. The Hall–Kier alpha value is -1.56.